The number of rotatable bonds is 4. The van der Waals surface area contributed by atoms with Gasteiger partial charge < -0.3 is 15.4 Å². The molecule has 2 aliphatic rings. The van der Waals surface area contributed by atoms with Crippen LogP contribution in [-0.2, 0) is 28.7 Å². The third-order valence-electron chi connectivity index (χ3n) is 5.10. The average Bonchev–Trinajstić information content (AvgIpc) is 2.90. The summed E-state index contributed by atoms with van der Waals surface area (Å²) in [6.07, 6.45) is 1.56. The molecule has 0 aliphatic carbocycles. The maximum Gasteiger partial charge on any atom is 0.331 e. The molecule has 150 valence electrons. The highest BCUT2D eigenvalue weighted by atomic mass is 32.2. The summed E-state index contributed by atoms with van der Waals surface area (Å²) in [6, 6.07) is 0.140. The second-order valence-electron chi connectivity index (χ2n) is 7.09. The number of hydrogen-bond donors (Lipinski definition) is 2. The first-order valence-corrected chi connectivity index (χ1v) is 10.6. The Morgan fingerprint density at radius 3 is 2.41 bits per heavy atom. The van der Waals surface area contributed by atoms with Gasteiger partial charge in [-0.2, -0.15) is 0 Å². The van der Waals surface area contributed by atoms with Gasteiger partial charge in [-0.15, -0.1) is 0 Å². The Bertz CT molecular complexity index is 945. The van der Waals surface area contributed by atoms with Gasteiger partial charge in [0.05, 0.1) is 17.5 Å². The minimum Gasteiger partial charge on any atom is -0.381 e. The summed E-state index contributed by atoms with van der Waals surface area (Å²) in [6.45, 7) is 1.23. The van der Waals surface area contributed by atoms with Gasteiger partial charge in [-0.25, -0.2) is 13.2 Å². The molecule has 0 bridgehead atoms. The van der Waals surface area contributed by atoms with Crippen molar-refractivity contribution in [3.8, 4) is 0 Å². The molecule has 0 radical (unpaired) electrons. The molecular formula is C16H24N4O6S. The van der Waals surface area contributed by atoms with Crippen LogP contribution < -0.4 is 21.9 Å². The van der Waals surface area contributed by atoms with Crippen molar-refractivity contribution in [3.63, 3.8) is 0 Å². The number of nitrogens with zero attached hydrogens (tertiary/aromatic N) is 2. The fraction of sp³-hybridized carbons (Fsp3) is 0.688. The minimum atomic E-state index is -3.30. The van der Waals surface area contributed by atoms with Gasteiger partial charge in [0.25, 0.3) is 11.5 Å². The Hall–Kier alpha value is -1.98. The average molecular weight is 400 g/mol. The highest BCUT2D eigenvalue weighted by Crippen LogP contribution is 2.17. The van der Waals surface area contributed by atoms with Crippen LogP contribution >= 0.6 is 0 Å². The van der Waals surface area contributed by atoms with Gasteiger partial charge in [0.1, 0.15) is 5.69 Å². The van der Waals surface area contributed by atoms with Crippen LogP contribution in [0.3, 0.4) is 0 Å². The first-order chi connectivity index (χ1) is 12.7. The van der Waals surface area contributed by atoms with E-state index in [-0.39, 0.29) is 23.2 Å². The number of sulfone groups is 1. The number of ether oxygens (including phenoxy) is 1. The van der Waals surface area contributed by atoms with Crippen LogP contribution in [0.4, 0.5) is 0 Å². The number of carbonyl (C=O) groups excluding carboxylic acids is 1. The van der Waals surface area contributed by atoms with E-state index in [4.69, 9.17) is 4.74 Å². The zero-order valence-corrected chi connectivity index (χ0v) is 16.1. The van der Waals surface area contributed by atoms with Crippen LogP contribution in [0, 0.1) is 0 Å². The summed E-state index contributed by atoms with van der Waals surface area (Å²) in [5.74, 6) is -0.892. The summed E-state index contributed by atoms with van der Waals surface area (Å²) in [5.41, 5.74) is -1.32. The van der Waals surface area contributed by atoms with Crippen molar-refractivity contribution in [2.75, 3.05) is 24.7 Å². The molecule has 11 heteroatoms. The third-order valence-corrected chi connectivity index (χ3v) is 6.83. The SMILES string of the molecule is Cn1c(C(=O)N[C@@H]2CS(=O)(=O)C[C@H]2NC2CCOCC2)cc(=O)n(C)c1=O. The molecule has 3 heterocycles. The third kappa shape index (κ3) is 4.30. The maximum absolute atomic E-state index is 12.6. The van der Waals surface area contributed by atoms with Crippen molar-refractivity contribution >= 4 is 15.7 Å². The van der Waals surface area contributed by atoms with Crippen molar-refractivity contribution in [1.29, 1.82) is 0 Å². The van der Waals surface area contributed by atoms with E-state index in [1.165, 1.54) is 14.1 Å². The molecule has 0 saturated carbocycles. The zero-order valence-electron chi connectivity index (χ0n) is 15.3. The lowest BCUT2D eigenvalue weighted by atomic mass is 10.1. The van der Waals surface area contributed by atoms with E-state index in [2.05, 4.69) is 10.6 Å². The fourth-order valence-electron chi connectivity index (χ4n) is 3.51. The second-order valence-corrected chi connectivity index (χ2v) is 9.24. The van der Waals surface area contributed by atoms with Crippen LogP contribution in [0.1, 0.15) is 23.3 Å². The molecule has 2 aliphatic heterocycles. The summed E-state index contributed by atoms with van der Waals surface area (Å²) in [4.78, 5) is 36.5. The van der Waals surface area contributed by atoms with Crippen molar-refractivity contribution in [1.82, 2.24) is 19.8 Å². The van der Waals surface area contributed by atoms with Crippen molar-refractivity contribution in [2.24, 2.45) is 14.1 Å². The molecule has 27 heavy (non-hydrogen) atoms. The molecule has 2 atom stereocenters. The lowest BCUT2D eigenvalue weighted by Gasteiger charge is -2.29. The van der Waals surface area contributed by atoms with Gasteiger partial charge in [-0.1, -0.05) is 0 Å². The van der Waals surface area contributed by atoms with E-state index in [9.17, 15) is 22.8 Å². The topological polar surface area (TPSA) is 128 Å². The monoisotopic (exact) mass is 400 g/mol. The Morgan fingerprint density at radius 1 is 1.11 bits per heavy atom. The largest absolute Gasteiger partial charge is 0.381 e. The van der Waals surface area contributed by atoms with Crippen LogP contribution in [0.25, 0.3) is 0 Å². The number of amides is 1. The van der Waals surface area contributed by atoms with E-state index in [1.54, 1.807) is 0 Å². The molecule has 1 aromatic rings. The van der Waals surface area contributed by atoms with Gasteiger partial charge in [-0.05, 0) is 12.8 Å². The smallest absolute Gasteiger partial charge is 0.331 e. The Morgan fingerprint density at radius 2 is 1.74 bits per heavy atom. The number of hydrogen-bond acceptors (Lipinski definition) is 7. The summed E-state index contributed by atoms with van der Waals surface area (Å²) < 4.78 is 31.5. The van der Waals surface area contributed by atoms with E-state index < -0.39 is 39.1 Å². The molecule has 3 rings (SSSR count). The van der Waals surface area contributed by atoms with Gasteiger partial charge in [0.15, 0.2) is 9.84 Å². The molecule has 2 fully saturated rings. The van der Waals surface area contributed by atoms with E-state index >= 15 is 0 Å². The minimum absolute atomic E-state index is 0.0647. The predicted octanol–water partition coefficient (Wildman–Crippen LogP) is -2.25. The standard InChI is InChI=1S/C16H24N4O6S/c1-19-13(7-14(21)20(2)16(19)23)15(22)18-12-9-27(24,25)8-11(12)17-10-3-5-26-6-4-10/h7,10-12,17H,3-6,8-9H2,1-2H3,(H,18,22)/t11-,12-/m1/s1. The highest BCUT2D eigenvalue weighted by Gasteiger charge is 2.40. The molecular weight excluding hydrogens is 376 g/mol. The predicted molar refractivity (Wildman–Crippen MR) is 97.6 cm³/mol. The van der Waals surface area contributed by atoms with Crippen molar-refractivity contribution in [3.05, 3.63) is 32.6 Å². The van der Waals surface area contributed by atoms with Gasteiger partial charge >= 0.3 is 5.69 Å². The van der Waals surface area contributed by atoms with Gasteiger partial charge in [0, 0.05) is 45.5 Å². The Labute approximate surface area is 156 Å². The lowest BCUT2D eigenvalue weighted by Crippen LogP contribution is -2.53. The molecule has 10 nitrogen and oxygen atoms in total. The second kappa shape index (κ2) is 7.56. The number of aromatic nitrogens is 2. The quantitative estimate of drug-likeness (QED) is 0.584. The molecule has 1 aromatic heterocycles. The number of nitrogens with one attached hydrogen (secondary N) is 2. The maximum atomic E-state index is 12.6. The van der Waals surface area contributed by atoms with Crippen molar-refractivity contribution in [2.45, 2.75) is 31.0 Å². The van der Waals surface area contributed by atoms with Crippen molar-refractivity contribution < 1.29 is 17.9 Å². The molecule has 1 amide bonds. The fourth-order valence-corrected chi connectivity index (χ4v) is 5.39. The molecule has 0 unspecified atom stereocenters. The highest BCUT2D eigenvalue weighted by molar-refractivity contribution is 7.91. The van der Waals surface area contributed by atoms with Gasteiger partial charge in [-0.3, -0.25) is 18.7 Å². The summed E-state index contributed by atoms with van der Waals surface area (Å²) >= 11 is 0. The molecule has 0 spiro atoms. The van der Waals surface area contributed by atoms with Crippen LogP contribution in [-0.4, -0.2) is 66.3 Å². The molecule has 0 aromatic carbocycles. The Kier molecular flexibility index (Phi) is 5.54. The number of carbonyl (C=O) groups is 1. The van der Waals surface area contributed by atoms with E-state index in [0.717, 1.165) is 28.0 Å². The first-order valence-electron chi connectivity index (χ1n) is 8.80. The van der Waals surface area contributed by atoms with Crippen LogP contribution in [0.15, 0.2) is 15.7 Å². The van der Waals surface area contributed by atoms with Crippen LogP contribution in [0.5, 0.6) is 0 Å². The zero-order chi connectivity index (χ0) is 19.8. The Balaban J connectivity index is 1.79. The van der Waals surface area contributed by atoms with E-state index in [0.29, 0.717) is 13.2 Å². The normalized spacial score (nSPS) is 25.4. The van der Waals surface area contributed by atoms with Gasteiger partial charge in [0.2, 0.25) is 0 Å². The van der Waals surface area contributed by atoms with Crippen LogP contribution in [0.2, 0.25) is 0 Å². The summed E-state index contributed by atoms with van der Waals surface area (Å²) in [5, 5.41) is 6.00. The molecule has 2 saturated heterocycles. The summed E-state index contributed by atoms with van der Waals surface area (Å²) in [7, 11) is -0.587. The molecule has 2 N–H and O–H groups in total. The van der Waals surface area contributed by atoms with E-state index in [1.807, 2.05) is 0 Å². The first kappa shape index (κ1) is 19.8. The lowest BCUT2D eigenvalue weighted by molar-refractivity contribution is 0.0738.